The first kappa shape index (κ1) is 18.6. The maximum Gasteiger partial charge on any atom is 0.422 e. The van der Waals surface area contributed by atoms with Crippen LogP contribution in [0.15, 0.2) is 18.2 Å². The molecule has 1 fully saturated rings. The summed E-state index contributed by atoms with van der Waals surface area (Å²) in [6.07, 6.45) is -1.62. The highest BCUT2D eigenvalue weighted by Gasteiger charge is 2.29. The Balaban J connectivity index is 1.91. The average Bonchev–Trinajstić information content (AvgIpc) is 2.51. The quantitative estimate of drug-likeness (QED) is 0.826. The summed E-state index contributed by atoms with van der Waals surface area (Å²) in [5, 5.41) is 12.3. The van der Waals surface area contributed by atoms with Crippen LogP contribution in [-0.4, -0.2) is 29.9 Å². The highest BCUT2D eigenvalue weighted by molar-refractivity contribution is 5.70. The van der Waals surface area contributed by atoms with Crippen molar-refractivity contribution in [1.29, 1.82) is 0 Å². The molecule has 0 atom stereocenters. The third kappa shape index (κ3) is 5.70. The lowest BCUT2D eigenvalue weighted by Crippen LogP contribution is -2.34. The van der Waals surface area contributed by atoms with Crippen molar-refractivity contribution in [2.75, 3.05) is 6.61 Å². The highest BCUT2D eigenvalue weighted by Crippen LogP contribution is 2.27. The Morgan fingerprint density at radius 3 is 2.54 bits per heavy atom. The van der Waals surface area contributed by atoms with E-state index in [1.54, 1.807) is 19.1 Å². The Labute approximate surface area is 139 Å². The van der Waals surface area contributed by atoms with E-state index in [2.05, 4.69) is 5.32 Å². The van der Waals surface area contributed by atoms with Gasteiger partial charge in [0.15, 0.2) is 6.61 Å². The molecular weight excluding hydrogens is 323 g/mol. The highest BCUT2D eigenvalue weighted by atomic mass is 19.4. The molecule has 134 valence electrons. The maximum absolute atomic E-state index is 12.4. The smallest absolute Gasteiger partial charge is 0.422 e. The van der Waals surface area contributed by atoms with Crippen LogP contribution in [0.3, 0.4) is 0 Å². The van der Waals surface area contributed by atoms with Crippen molar-refractivity contribution >= 4 is 5.97 Å². The standard InChI is InChI=1S/C17H22F3NO3/c1-11-2-3-13(15(8-11)24-10-17(18,19)20)9-21-14-6-4-12(5-7-14)16(22)23/h2-3,8,12,14,21H,4-7,9-10H2,1H3,(H,22,23). The van der Waals surface area contributed by atoms with E-state index < -0.39 is 18.8 Å². The minimum atomic E-state index is -4.37. The molecule has 0 heterocycles. The van der Waals surface area contributed by atoms with Gasteiger partial charge in [-0.15, -0.1) is 0 Å². The van der Waals surface area contributed by atoms with Crippen LogP contribution in [0.5, 0.6) is 5.75 Å². The van der Waals surface area contributed by atoms with Gasteiger partial charge in [-0.1, -0.05) is 12.1 Å². The normalized spacial score (nSPS) is 21.5. The van der Waals surface area contributed by atoms with Crippen LogP contribution in [0.4, 0.5) is 13.2 Å². The number of aryl methyl sites for hydroxylation is 1. The zero-order valence-corrected chi connectivity index (χ0v) is 13.5. The van der Waals surface area contributed by atoms with E-state index in [1.165, 1.54) is 0 Å². The summed E-state index contributed by atoms with van der Waals surface area (Å²) in [6, 6.07) is 5.37. The van der Waals surface area contributed by atoms with Gasteiger partial charge in [0.25, 0.3) is 0 Å². The molecule has 0 unspecified atom stereocenters. The van der Waals surface area contributed by atoms with Crippen LogP contribution in [0.1, 0.15) is 36.8 Å². The first-order valence-electron chi connectivity index (χ1n) is 8.00. The Morgan fingerprint density at radius 2 is 1.96 bits per heavy atom. The average molecular weight is 345 g/mol. The predicted octanol–water partition coefficient (Wildman–Crippen LogP) is 3.67. The molecule has 1 aromatic rings. The SMILES string of the molecule is Cc1ccc(CNC2CCC(C(=O)O)CC2)c(OCC(F)(F)F)c1. The summed E-state index contributed by atoms with van der Waals surface area (Å²) in [5.74, 6) is -0.804. The van der Waals surface area contributed by atoms with Gasteiger partial charge >= 0.3 is 12.1 Å². The second kappa shape index (κ2) is 7.88. The number of carbonyl (C=O) groups is 1. The van der Waals surface area contributed by atoms with E-state index in [-0.39, 0.29) is 17.7 Å². The van der Waals surface area contributed by atoms with Gasteiger partial charge in [0, 0.05) is 18.2 Å². The van der Waals surface area contributed by atoms with Gasteiger partial charge in [-0.2, -0.15) is 13.2 Å². The Kier molecular flexibility index (Phi) is 6.10. The summed E-state index contributed by atoms with van der Waals surface area (Å²) in [6.45, 7) is 0.883. The molecule has 0 aromatic heterocycles. The lowest BCUT2D eigenvalue weighted by molar-refractivity contribution is -0.153. The third-order valence-electron chi connectivity index (χ3n) is 4.27. The lowest BCUT2D eigenvalue weighted by Gasteiger charge is -2.27. The third-order valence-corrected chi connectivity index (χ3v) is 4.27. The molecule has 0 amide bonds. The number of carboxylic acid groups (broad SMARTS) is 1. The molecule has 1 saturated carbocycles. The Hall–Kier alpha value is -1.76. The molecule has 0 saturated heterocycles. The van der Waals surface area contributed by atoms with Crippen LogP contribution >= 0.6 is 0 Å². The lowest BCUT2D eigenvalue weighted by atomic mass is 9.86. The molecule has 2 N–H and O–H groups in total. The van der Waals surface area contributed by atoms with Gasteiger partial charge in [-0.3, -0.25) is 4.79 Å². The van der Waals surface area contributed by atoms with E-state index in [0.29, 0.717) is 24.9 Å². The second-order valence-electron chi connectivity index (χ2n) is 6.28. The van der Waals surface area contributed by atoms with Crippen molar-refractivity contribution in [2.24, 2.45) is 5.92 Å². The van der Waals surface area contributed by atoms with E-state index >= 15 is 0 Å². The minimum Gasteiger partial charge on any atom is -0.484 e. The minimum absolute atomic E-state index is 0.178. The molecule has 4 nitrogen and oxygen atoms in total. The number of hydrogen-bond donors (Lipinski definition) is 2. The summed E-state index contributed by atoms with van der Waals surface area (Å²) in [4.78, 5) is 10.9. The second-order valence-corrected chi connectivity index (χ2v) is 6.28. The van der Waals surface area contributed by atoms with Crippen LogP contribution in [0.2, 0.25) is 0 Å². The van der Waals surface area contributed by atoms with E-state index in [0.717, 1.165) is 18.4 Å². The molecule has 1 aliphatic rings. The molecular formula is C17H22F3NO3. The van der Waals surface area contributed by atoms with Crippen molar-refractivity contribution in [3.63, 3.8) is 0 Å². The number of benzene rings is 1. The summed E-state index contributed by atoms with van der Waals surface area (Å²) in [5.41, 5.74) is 1.50. The Morgan fingerprint density at radius 1 is 1.29 bits per heavy atom. The topological polar surface area (TPSA) is 58.6 Å². The van der Waals surface area contributed by atoms with Crippen LogP contribution < -0.4 is 10.1 Å². The molecule has 0 radical (unpaired) electrons. The largest absolute Gasteiger partial charge is 0.484 e. The molecule has 24 heavy (non-hydrogen) atoms. The van der Waals surface area contributed by atoms with Crippen LogP contribution in [-0.2, 0) is 11.3 Å². The van der Waals surface area contributed by atoms with E-state index in [9.17, 15) is 18.0 Å². The summed E-state index contributed by atoms with van der Waals surface area (Å²) in [7, 11) is 0. The van der Waals surface area contributed by atoms with Crippen molar-refractivity contribution in [3.05, 3.63) is 29.3 Å². The van der Waals surface area contributed by atoms with Crippen LogP contribution in [0, 0.1) is 12.8 Å². The van der Waals surface area contributed by atoms with Gasteiger partial charge in [0.1, 0.15) is 5.75 Å². The van der Waals surface area contributed by atoms with Gasteiger partial charge in [0.2, 0.25) is 0 Å². The molecule has 1 aliphatic carbocycles. The number of carboxylic acids is 1. The maximum atomic E-state index is 12.4. The molecule has 0 aliphatic heterocycles. The number of alkyl halides is 3. The van der Waals surface area contributed by atoms with Crippen molar-refractivity contribution in [3.8, 4) is 5.75 Å². The molecule has 7 heteroatoms. The molecule has 0 spiro atoms. The van der Waals surface area contributed by atoms with Gasteiger partial charge in [0.05, 0.1) is 5.92 Å². The molecule has 1 aromatic carbocycles. The first-order chi connectivity index (χ1) is 11.2. The summed E-state index contributed by atoms with van der Waals surface area (Å²) >= 11 is 0. The van der Waals surface area contributed by atoms with E-state index in [1.807, 2.05) is 6.07 Å². The zero-order valence-electron chi connectivity index (χ0n) is 13.5. The number of rotatable bonds is 6. The number of ether oxygens (including phenoxy) is 1. The fourth-order valence-corrected chi connectivity index (χ4v) is 2.90. The van der Waals surface area contributed by atoms with E-state index in [4.69, 9.17) is 9.84 Å². The fourth-order valence-electron chi connectivity index (χ4n) is 2.90. The fraction of sp³-hybridized carbons (Fsp3) is 0.588. The summed E-state index contributed by atoms with van der Waals surface area (Å²) < 4.78 is 42.0. The monoisotopic (exact) mass is 345 g/mol. The predicted molar refractivity (Wildman–Crippen MR) is 83.0 cm³/mol. The number of hydrogen-bond acceptors (Lipinski definition) is 3. The van der Waals surface area contributed by atoms with Gasteiger partial charge in [-0.05, 0) is 44.2 Å². The number of halogens is 3. The van der Waals surface area contributed by atoms with Gasteiger partial charge < -0.3 is 15.2 Å². The van der Waals surface area contributed by atoms with Crippen molar-refractivity contribution in [2.45, 2.75) is 51.4 Å². The van der Waals surface area contributed by atoms with Crippen molar-refractivity contribution in [1.82, 2.24) is 5.32 Å². The Bertz CT molecular complexity index is 567. The zero-order chi connectivity index (χ0) is 17.7. The molecule has 2 rings (SSSR count). The number of aliphatic carboxylic acids is 1. The van der Waals surface area contributed by atoms with Crippen LogP contribution in [0.25, 0.3) is 0 Å². The molecule has 0 bridgehead atoms. The first-order valence-corrected chi connectivity index (χ1v) is 8.00. The number of nitrogens with one attached hydrogen (secondary N) is 1. The van der Waals surface area contributed by atoms with Gasteiger partial charge in [-0.25, -0.2) is 0 Å². The van der Waals surface area contributed by atoms with Crippen molar-refractivity contribution < 1.29 is 27.8 Å².